The molecule has 2 fully saturated rings. The summed E-state index contributed by atoms with van der Waals surface area (Å²) in [6.45, 7) is 4.03. The van der Waals surface area contributed by atoms with Crippen LogP contribution in [0.25, 0.3) is 21.9 Å². The summed E-state index contributed by atoms with van der Waals surface area (Å²) in [5.74, 6) is 0.310. The molecule has 1 aromatic carbocycles. The maximum Gasteiger partial charge on any atom is 0.164 e. The average Bonchev–Trinajstić information content (AvgIpc) is 3.48. The van der Waals surface area contributed by atoms with E-state index in [0.29, 0.717) is 22.8 Å². The molecule has 10 heteroatoms. The number of aromatic nitrogens is 4. The summed E-state index contributed by atoms with van der Waals surface area (Å²) in [6.07, 6.45) is 3.34. The van der Waals surface area contributed by atoms with E-state index < -0.39 is 12.0 Å². The van der Waals surface area contributed by atoms with E-state index in [9.17, 15) is 0 Å². The van der Waals surface area contributed by atoms with Gasteiger partial charge in [0.05, 0.1) is 16.5 Å². The summed E-state index contributed by atoms with van der Waals surface area (Å²) in [4.78, 5) is 12.8. The summed E-state index contributed by atoms with van der Waals surface area (Å²) >= 11 is 0. The predicted molar refractivity (Wildman–Crippen MR) is 122 cm³/mol. The molecule has 0 amide bonds. The van der Waals surface area contributed by atoms with Gasteiger partial charge in [-0.15, -0.1) is 0 Å². The van der Waals surface area contributed by atoms with Crippen LogP contribution in [0.4, 0.5) is 5.82 Å². The maximum atomic E-state index is 9.07. The lowest BCUT2D eigenvalue weighted by Crippen LogP contribution is -2.33. The smallest absolute Gasteiger partial charge is 0.164 e. The standard InChI is InChI=1S/C24H22N6O4/c1-24(2)33-19-18(11-31-15-4-3-14-7-13(9-25)10-27-17(14)8-15)32-23(20(19)34-24)30-6-5-16-21(26)28-12-29-22(16)30/h3-8,10,12,18-20,23H,11H2,1-2H3,(H2,26,28,29)/t18-,19-,20-,23-/m1/s1. The molecule has 172 valence electrons. The SMILES string of the molecule is CC1(C)O[C@@H]2[C@H](O1)[C@@H](COc1ccc3cc(C#N)cnc3c1)O[C@H]2n1ccc2c(N)ncnc21. The highest BCUT2D eigenvalue weighted by atomic mass is 16.8. The van der Waals surface area contributed by atoms with Gasteiger partial charge < -0.3 is 29.2 Å². The predicted octanol–water partition coefficient (Wildman–Crippen LogP) is 2.93. The van der Waals surface area contributed by atoms with E-state index in [0.717, 1.165) is 16.3 Å². The van der Waals surface area contributed by atoms with Gasteiger partial charge >= 0.3 is 0 Å². The highest BCUT2D eigenvalue weighted by Gasteiger charge is 2.56. The van der Waals surface area contributed by atoms with E-state index in [-0.39, 0.29) is 24.9 Å². The van der Waals surface area contributed by atoms with Crippen molar-refractivity contribution in [3.8, 4) is 11.8 Å². The molecule has 0 bridgehead atoms. The van der Waals surface area contributed by atoms with Crippen molar-refractivity contribution in [1.82, 2.24) is 19.5 Å². The average molecular weight is 458 g/mol. The van der Waals surface area contributed by atoms with Crippen molar-refractivity contribution >= 4 is 27.8 Å². The summed E-state index contributed by atoms with van der Waals surface area (Å²) in [5.41, 5.74) is 7.95. The molecule has 2 aliphatic rings. The van der Waals surface area contributed by atoms with Crippen LogP contribution in [0.1, 0.15) is 25.6 Å². The zero-order valence-corrected chi connectivity index (χ0v) is 18.6. The van der Waals surface area contributed by atoms with Gasteiger partial charge in [0, 0.05) is 23.8 Å². The summed E-state index contributed by atoms with van der Waals surface area (Å²) in [7, 11) is 0. The third-order valence-corrected chi connectivity index (χ3v) is 6.14. The van der Waals surface area contributed by atoms with Crippen LogP contribution in [0.3, 0.4) is 0 Å². The second-order valence-electron chi connectivity index (χ2n) is 8.85. The van der Waals surface area contributed by atoms with Crippen LogP contribution in [-0.4, -0.2) is 50.2 Å². The Balaban J connectivity index is 1.26. The van der Waals surface area contributed by atoms with Gasteiger partial charge in [0.15, 0.2) is 12.0 Å². The van der Waals surface area contributed by atoms with Gasteiger partial charge in [0.2, 0.25) is 0 Å². The number of nitrogens with zero attached hydrogens (tertiary/aromatic N) is 5. The highest BCUT2D eigenvalue weighted by molar-refractivity contribution is 5.86. The molecule has 0 aliphatic carbocycles. The van der Waals surface area contributed by atoms with Crippen LogP contribution in [0, 0.1) is 11.3 Å². The number of benzene rings is 1. The number of fused-ring (bicyclic) bond motifs is 3. The van der Waals surface area contributed by atoms with Crippen molar-refractivity contribution < 1.29 is 18.9 Å². The molecule has 4 aromatic rings. The first kappa shape index (κ1) is 20.8. The van der Waals surface area contributed by atoms with Crippen LogP contribution in [-0.2, 0) is 14.2 Å². The molecule has 6 rings (SSSR count). The minimum atomic E-state index is -0.752. The number of nitrogen functional groups attached to an aromatic ring is 1. The Morgan fingerprint density at radius 2 is 2.00 bits per heavy atom. The number of rotatable bonds is 4. The molecule has 0 radical (unpaired) electrons. The Bertz CT molecular complexity index is 1440. The van der Waals surface area contributed by atoms with Crippen LogP contribution in [0.2, 0.25) is 0 Å². The second kappa shape index (κ2) is 7.63. The van der Waals surface area contributed by atoms with Crippen LogP contribution in [0.5, 0.6) is 5.75 Å². The highest BCUT2D eigenvalue weighted by Crippen LogP contribution is 2.44. The van der Waals surface area contributed by atoms with E-state index in [4.69, 9.17) is 29.9 Å². The molecule has 34 heavy (non-hydrogen) atoms. The fourth-order valence-corrected chi connectivity index (χ4v) is 4.64. The molecule has 5 heterocycles. The van der Waals surface area contributed by atoms with Gasteiger partial charge in [0.25, 0.3) is 0 Å². The third kappa shape index (κ3) is 3.42. The number of ether oxygens (including phenoxy) is 4. The number of nitrogens with two attached hydrogens (primary N) is 1. The fourth-order valence-electron chi connectivity index (χ4n) is 4.64. The Morgan fingerprint density at radius 3 is 2.85 bits per heavy atom. The van der Waals surface area contributed by atoms with E-state index >= 15 is 0 Å². The van der Waals surface area contributed by atoms with Crippen LogP contribution >= 0.6 is 0 Å². The van der Waals surface area contributed by atoms with Gasteiger partial charge in [0.1, 0.15) is 54.5 Å². The first-order valence-electron chi connectivity index (χ1n) is 10.9. The summed E-state index contributed by atoms with van der Waals surface area (Å²) < 4.78 is 26.8. The Labute approximate surface area is 194 Å². The van der Waals surface area contributed by atoms with Crippen molar-refractivity contribution in [1.29, 1.82) is 5.26 Å². The largest absolute Gasteiger partial charge is 0.491 e. The van der Waals surface area contributed by atoms with Gasteiger partial charge in [-0.25, -0.2) is 9.97 Å². The number of pyridine rings is 1. The zero-order chi connectivity index (χ0) is 23.4. The molecule has 10 nitrogen and oxygen atoms in total. The summed E-state index contributed by atoms with van der Waals surface area (Å²) in [5, 5.41) is 10.7. The zero-order valence-electron chi connectivity index (χ0n) is 18.6. The fraction of sp³-hybridized carbons (Fsp3) is 0.333. The van der Waals surface area contributed by atoms with Crippen molar-refractivity contribution in [3.63, 3.8) is 0 Å². The van der Waals surface area contributed by atoms with E-state index in [1.165, 1.54) is 6.33 Å². The minimum absolute atomic E-state index is 0.259. The number of anilines is 1. The van der Waals surface area contributed by atoms with E-state index in [1.807, 2.05) is 48.9 Å². The molecular weight excluding hydrogens is 436 g/mol. The first-order chi connectivity index (χ1) is 16.4. The van der Waals surface area contributed by atoms with Crippen molar-refractivity contribution in [3.05, 3.63) is 54.6 Å². The monoisotopic (exact) mass is 458 g/mol. The molecule has 4 atom stereocenters. The van der Waals surface area contributed by atoms with Crippen LogP contribution < -0.4 is 10.5 Å². The molecule has 2 N–H and O–H groups in total. The molecule has 0 saturated carbocycles. The third-order valence-electron chi connectivity index (χ3n) is 6.14. The van der Waals surface area contributed by atoms with Gasteiger partial charge in [-0.2, -0.15) is 5.26 Å². The molecule has 0 spiro atoms. The Kier molecular flexibility index (Phi) is 4.67. The van der Waals surface area contributed by atoms with E-state index in [1.54, 1.807) is 12.3 Å². The van der Waals surface area contributed by atoms with Gasteiger partial charge in [-0.05, 0) is 38.1 Å². The number of hydrogen-bond acceptors (Lipinski definition) is 9. The van der Waals surface area contributed by atoms with Crippen LogP contribution in [0.15, 0.2) is 49.1 Å². The maximum absolute atomic E-state index is 9.07. The molecule has 2 aliphatic heterocycles. The topological polar surface area (TPSA) is 130 Å². The van der Waals surface area contributed by atoms with Crippen molar-refractivity contribution in [2.45, 2.75) is 44.2 Å². The number of hydrogen-bond donors (Lipinski definition) is 1. The van der Waals surface area contributed by atoms with E-state index in [2.05, 4.69) is 21.0 Å². The van der Waals surface area contributed by atoms with Gasteiger partial charge in [-0.1, -0.05) is 0 Å². The lowest BCUT2D eigenvalue weighted by molar-refractivity contribution is -0.198. The van der Waals surface area contributed by atoms with Gasteiger partial charge in [-0.3, -0.25) is 4.98 Å². The Morgan fingerprint density at radius 1 is 1.15 bits per heavy atom. The molecule has 2 saturated heterocycles. The lowest BCUT2D eigenvalue weighted by Gasteiger charge is -2.25. The van der Waals surface area contributed by atoms with Crippen molar-refractivity contribution in [2.24, 2.45) is 0 Å². The molecular formula is C24H22N6O4. The lowest BCUT2D eigenvalue weighted by atomic mass is 10.1. The molecule has 3 aromatic heterocycles. The quantitative estimate of drug-likeness (QED) is 0.490. The normalized spacial score (nSPS) is 25.4. The summed E-state index contributed by atoms with van der Waals surface area (Å²) in [6, 6.07) is 11.3. The molecule has 0 unspecified atom stereocenters. The Hall–Kier alpha value is -3.78. The first-order valence-corrected chi connectivity index (χ1v) is 10.9. The minimum Gasteiger partial charge on any atom is -0.491 e. The van der Waals surface area contributed by atoms with Crippen molar-refractivity contribution in [2.75, 3.05) is 12.3 Å². The second-order valence-corrected chi connectivity index (χ2v) is 8.85. The number of nitriles is 1.